The van der Waals surface area contributed by atoms with Gasteiger partial charge in [-0.15, -0.1) is 0 Å². The zero-order valence-electron chi connectivity index (χ0n) is 20.4. The van der Waals surface area contributed by atoms with Gasteiger partial charge in [0.05, 0.1) is 18.6 Å². The van der Waals surface area contributed by atoms with Gasteiger partial charge in [-0.2, -0.15) is 0 Å². The van der Waals surface area contributed by atoms with Gasteiger partial charge in [0.25, 0.3) is 0 Å². The number of hydrogen-bond donors (Lipinski definition) is 1. The van der Waals surface area contributed by atoms with E-state index in [0.29, 0.717) is 18.4 Å². The van der Waals surface area contributed by atoms with Crippen LogP contribution >= 0.6 is 0 Å². The van der Waals surface area contributed by atoms with Gasteiger partial charge in [-0.05, 0) is 57.6 Å². The summed E-state index contributed by atoms with van der Waals surface area (Å²) in [5.41, 5.74) is 2.89. The summed E-state index contributed by atoms with van der Waals surface area (Å²) in [7, 11) is 1.96. The minimum atomic E-state index is -0.801. The summed E-state index contributed by atoms with van der Waals surface area (Å²) in [6, 6.07) is 18.2. The number of hydrogen-bond acceptors (Lipinski definition) is 7. The van der Waals surface area contributed by atoms with Gasteiger partial charge in [0, 0.05) is 24.3 Å². The second-order valence-corrected chi connectivity index (χ2v) is 8.83. The number of benzene rings is 2. The maximum absolute atomic E-state index is 11.5. The molecule has 8 nitrogen and oxygen atoms in total. The molecule has 0 bridgehead atoms. The fourth-order valence-corrected chi connectivity index (χ4v) is 4.43. The van der Waals surface area contributed by atoms with Gasteiger partial charge in [0.1, 0.15) is 5.75 Å². The number of imidazole rings is 1. The van der Waals surface area contributed by atoms with Crippen molar-refractivity contribution in [2.75, 3.05) is 33.4 Å². The van der Waals surface area contributed by atoms with Gasteiger partial charge in [-0.3, -0.25) is 14.4 Å². The highest BCUT2D eigenvalue weighted by Gasteiger charge is 2.27. The minimum Gasteiger partial charge on any atom is -0.482 e. The summed E-state index contributed by atoms with van der Waals surface area (Å²) in [6.07, 6.45) is 4.68. The van der Waals surface area contributed by atoms with Crippen molar-refractivity contribution in [1.82, 2.24) is 19.4 Å². The Morgan fingerprint density at radius 1 is 1.17 bits per heavy atom. The van der Waals surface area contributed by atoms with Crippen LogP contribution < -0.4 is 4.74 Å². The van der Waals surface area contributed by atoms with E-state index in [-0.39, 0.29) is 6.61 Å². The predicted octanol–water partition coefficient (Wildman–Crippen LogP) is 3.54. The molecule has 1 aliphatic heterocycles. The van der Waals surface area contributed by atoms with Crippen LogP contribution in [0.1, 0.15) is 31.7 Å². The number of nitrogens with zero attached hydrogens (tertiary/aromatic N) is 4. The number of carbonyl (C=O) groups excluding carboxylic acids is 1. The predicted molar refractivity (Wildman–Crippen MR) is 134 cm³/mol. The Kier molecular flexibility index (Phi) is 8.52. The van der Waals surface area contributed by atoms with Crippen molar-refractivity contribution in [3.63, 3.8) is 0 Å². The molecule has 0 spiro atoms. The monoisotopic (exact) mass is 478 g/mol. The first-order valence-electron chi connectivity index (χ1n) is 12.1. The van der Waals surface area contributed by atoms with E-state index in [1.165, 1.54) is 5.56 Å². The van der Waals surface area contributed by atoms with Crippen LogP contribution in [0.25, 0.3) is 11.3 Å². The van der Waals surface area contributed by atoms with Crippen LogP contribution in [0.15, 0.2) is 67.1 Å². The molecule has 1 fully saturated rings. The molecule has 1 aromatic heterocycles. The lowest BCUT2D eigenvalue weighted by molar-refractivity contribution is -0.145. The summed E-state index contributed by atoms with van der Waals surface area (Å²) in [4.78, 5) is 20.5. The molecule has 1 unspecified atom stereocenters. The molecule has 0 aliphatic carbocycles. The van der Waals surface area contributed by atoms with E-state index >= 15 is 0 Å². The van der Waals surface area contributed by atoms with Gasteiger partial charge in [-0.25, -0.2) is 9.78 Å². The standard InChI is InChI=1S/C27H34N4O4/c1-3-34-26(32)19-35-24-11-7-10-22(16-24)25-18-31(20-28-25)27(33)29(2)23-12-14-30(15-13-23)17-21-8-5-4-6-9-21/h4-11,16,18,20,23,27,33H,3,12-15,17,19H2,1-2H3. The molecule has 186 valence electrons. The number of likely N-dealkylation sites (tertiary alicyclic amines) is 1. The van der Waals surface area contributed by atoms with Crippen LogP contribution in [-0.4, -0.2) is 69.8 Å². The van der Waals surface area contributed by atoms with Crippen molar-refractivity contribution in [1.29, 1.82) is 0 Å². The van der Waals surface area contributed by atoms with E-state index in [2.05, 4.69) is 34.1 Å². The summed E-state index contributed by atoms with van der Waals surface area (Å²) in [6.45, 7) is 4.92. The molecule has 8 heteroatoms. The van der Waals surface area contributed by atoms with Crippen LogP contribution in [0.4, 0.5) is 0 Å². The SMILES string of the molecule is CCOC(=O)COc1cccc(-c2cn(C(O)N(C)C3CCN(Cc4ccccc4)CC3)cn2)c1. The molecular formula is C27H34N4O4. The molecule has 1 N–H and O–H groups in total. The Bertz CT molecular complexity index is 1080. The molecule has 3 aromatic rings. The first-order valence-corrected chi connectivity index (χ1v) is 12.1. The molecule has 1 aliphatic rings. The second-order valence-electron chi connectivity index (χ2n) is 8.83. The van der Waals surface area contributed by atoms with Crippen LogP contribution in [0.3, 0.4) is 0 Å². The molecule has 35 heavy (non-hydrogen) atoms. The molecular weight excluding hydrogens is 444 g/mol. The average Bonchev–Trinajstić information content (AvgIpc) is 3.39. The van der Waals surface area contributed by atoms with Crippen molar-refractivity contribution < 1.29 is 19.4 Å². The second kappa shape index (κ2) is 12.0. The van der Waals surface area contributed by atoms with Crippen LogP contribution in [0.2, 0.25) is 0 Å². The van der Waals surface area contributed by atoms with Crippen molar-refractivity contribution in [2.45, 2.75) is 38.7 Å². The fourth-order valence-electron chi connectivity index (χ4n) is 4.43. The van der Waals surface area contributed by atoms with E-state index in [4.69, 9.17) is 9.47 Å². The topological polar surface area (TPSA) is 80.1 Å². The number of aliphatic hydroxyl groups is 1. The van der Waals surface area contributed by atoms with Crippen molar-refractivity contribution in [3.05, 3.63) is 72.7 Å². The lowest BCUT2D eigenvalue weighted by Gasteiger charge is -2.38. The van der Waals surface area contributed by atoms with Gasteiger partial charge in [-0.1, -0.05) is 42.5 Å². The van der Waals surface area contributed by atoms with Gasteiger partial charge in [0.15, 0.2) is 13.0 Å². The maximum atomic E-state index is 11.5. The summed E-state index contributed by atoms with van der Waals surface area (Å²) >= 11 is 0. The van der Waals surface area contributed by atoms with Gasteiger partial charge in [0.2, 0.25) is 0 Å². The Balaban J connectivity index is 1.32. The van der Waals surface area contributed by atoms with Crippen LogP contribution in [0, 0.1) is 0 Å². The number of esters is 1. The Labute approximate surface area is 206 Å². The molecule has 2 heterocycles. The maximum Gasteiger partial charge on any atom is 0.344 e. The number of aromatic nitrogens is 2. The molecule has 1 atom stereocenters. The summed E-state index contributed by atoms with van der Waals surface area (Å²) < 4.78 is 12.1. The van der Waals surface area contributed by atoms with Gasteiger partial charge >= 0.3 is 5.97 Å². The minimum absolute atomic E-state index is 0.139. The first-order chi connectivity index (χ1) is 17.0. The van der Waals surface area contributed by atoms with Crippen LogP contribution in [-0.2, 0) is 16.1 Å². The molecule has 4 rings (SSSR count). The van der Waals surface area contributed by atoms with E-state index in [1.807, 2.05) is 42.4 Å². The normalized spacial score (nSPS) is 15.8. The highest BCUT2D eigenvalue weighted by molar-refractivity contribution is 5.71. The molecule has 0 radical (unpaired) electrons. The molecule has 0 saturated carbocycles. The Morgan fingerprint density at radius 3 is 2.69 bits per heavy atom. The summed E-state index contributed by atoms with van der Waals surface area (Å²) in [5, 5.41) is 11.0. The molecule has 1 saturated heterocycles. The Hall–Kier alpha value is -3.20. The molecule has 2 aromatic carbocycles. The third kappa shape index (κ3) is 6.69. The van der Waals surface area contributed by atoms with Crippen molar-refractivity contribution in [2.24, 2.45) is 0 Å². The smallest absolute Gasteiger partial charge is 0.344 e. The number of ether oxygens (including phenoxy) is 2. The third-order valence-electron chi connectivity index (χ3n) is 6.41. The number of rotatable bonds is 10. The highest BCUT2D eigenvalue weighted by Crippen LogP contribution is 2.26. The van der Waals surface area contributed by atoms with Crippen molar-refractivity contribution in [3.8, 4) is 17.0 Å². The van der Waals surface area contributed by atoms with E-state index < -0.39 is 12.3 Å². The number of carbonyl (C=O) groups is 1. The fraction of sp³-hybridized carbons (Fsp3) is 0.407. The quantitative estimate of drug-likeness (QED) is 0.353. The number of piperidine rings is 1. The largest absolute Gasteiger partial charge is 0.482 e. The summed E-state index contributed by atoms with van der Waals surface area (Å²) in [5.74, 6) is 0.157. The zero-order valence-corrected chi connectivity index (χ0v) is 20.4. The lowest BCUT2D eigenvalue weighted by Crippen LogP contribution is -2.45. The Morgan fingerprint density at radius 2 is 1.94 bits per heavy atom. The highest BCUT2D eigenvalue weighted by atomic mass is 16.6. The lowest BCUT2D eigenvalue weighted by atomic mass is 10.0. The van der Waals surface area contributed by atoms with E-state index in [9.17, 15) is 9.90 Å². The number of aliphatic hydroxyl groups excluding tert-OH is 1. The van der Waals surface area contributed by atoms with Crippen molar-refractivity contribution >= 4 is 5.97 Å². The first kappa shape index (κ1) is 24.9. The zero-order chi connectivity index (χ0) is 24.6. The van der Waals surface area contributed by atoms with E-state index in [1.54, 1.807) is 23.9 Å². The van der Waals surface area contributed by atoms with E-state index in [0.717, 1.165) is 43.7 Å². The van der Waals surface area contributed by atoms with Crippen LogP contribution in [0.5, 0.6) is 5.75 Å². The third-order valence-corrected chi connectivity index (χ3v) is 6.41. The van der Waals surface area contributed by atoms with Gasteiger partial charge < -0.3 is 14.6 Å². The average molecular weight is 479 g/mol. The molecule has 0 amide bonds.